The number of hydrogen-bond acceptors (Lipinski definition) is 6. The Kier molecular flexibility index (Phi) is 7.82. The summed E-state index contributed by atoms with van der Waals surface area (Å²) in [5.41, 5.74) is -0.0164. The Morgan fingerprint density at radius 2 is 2.04 bits per heavy atom. The van der Waals surface area contributed by atoms with Crippen LogP contribution in [0.15, 0.2) is 18.2 Å². The minimum absolute atomic E-state index is 0. The summed E-state index contributed by atoms with van der Waals surface area (Å²) in [4.78, 5) is 23.5. The molecule has 1 fully saturated rings. The zero-order valence-electron chi connectivity index (χ0n) is 15.2. The number of benzene rings is 1. The van der Waals surface area contributed by atoms with Gasteiger partial charge in [0.1, 0.15) is 4.88 Å². The number of ether oxygens (including phenoxy) is 1. The van der Waals surface area contributed by atoms with Crippen molar-refractivity contribution in [3.05, 3.63) is 33.2 Å². The Hall–Kier alpha value is -1.90. The third-order valence-corrected chi connectivity index (χ3v) is 5.85. The molecule has 1 aromatic heterocycles. The molecule has 0 bridgehead atoms. The molecular weight excluding hydrogens is 390 g/mol. The van der Waals surface area contributed by atoms with E-state index in [1.165, 1.54) is 62.7 Å². The number of carbonyl (C=O) groups is 1. The Labute approximate surface area is 168 Å². The second-order valence-corrected chi connectivity index (χ2v) is 7.50. The smallest absolute Gasteiger partial charge is 0.270 e. The molecule has 0 saturated heterocycles. The zero-order valence-corrected chi connectivity index (χ0v) is 16.8. The summed E-state index contributed by atoms with van der Waals surface area (Å²) in [5, 5.41) is 18.0. The highest BCUT2D eigenvalue weighted by atomic mass is 35.5. The molecule has 0 radical (unpaired) electrons. The number of halogens is 1. The van der Waals surface area contributed by atoms with Crippen LogP contribution in [0, 0.1) is 10.1 Å². The fourth-order valence-corrected chi connectivity index (χ4v) is 4.44. The quantitative estimate of drug-likeness (QED) is 0.408. The molecule has 1 aliphatic rings. The van der Waals surface area contributed by atoms with Crippen LogP contribution < -0.4 is 15.4 Å². The lowest BCUT2D eigenvalue weighted by molar-refractivity contribution is -0.384. The molecule has 0 aliphatic heterocycles. The van der Waals surface area contributed by atoms with Gasteiger partial charge in [0, 0.05) is 41.4 Å². The minimum Gasteiger partial charge on any atom is -0.494 e. The topological polar surface area (TPSA) is 93.5 Å². The SMILES string of the molecule is COc1c(C(=O)NCCNC2CCCCC2)sc2ccc([N+](=O)[O-])cc12.Cl. The van der Waals surface area contributed by atoms with Gasteiger partial charge in [-0.25, -0.2) is 0 Å². The second kappa shape index (κ2) is 9.87. The van der Waals surface area contributed by atoms with E-state index in [1.54, 1.807) is 6.07 Å². The minimum atomic E-state index is -0.451. The van der Waals surface area contributed by atoms with E-state index in [0.29, 0.717) is 28.6 Å². The molecule has 0 unspecified atom stereocenters. The van der Waals surface area contributed by atoms with E-state index >= 15 is 0 Å². The van der Waals surface area contributed by atoms with Crippen molar-refractivity contribution >= 4 is 45.4 Å². The second-order valence-electron chi connectivity index (χ2n) is 6.45. The van der Waals surface area contributed by atoms with Crippen molar-refractivity contribution in [3.8, 4) is 5.75 Å². The van der Waals surface area contributed by atoms with Crippen LogP contribution in [0.25, 0.3) is 10.1 Å². The molecule has 1 amide bonds. The van der Waals surface area contributed by atoms with Gasteiger partial charge in [-0.15, -0.1) is 23.7 Å². The molecule has 1 saturated carbocycles. The van der Waals surface area contributed by atoms with E-state index in [-0.39, 0.29) is 24.0 Å². The molecule has 1 aliphatic carbocycles. The number of non-ortho nitro benzene ring substituents is 1. The van der Waals surface area contributed by atoms with Crippen molar-refractivity contribution in [2.24, 2.45) is 0 Å². The number of nitro groups is 1. The fourth-order valence-electron chi connectivity index (χ4n) is 3.37. The van der Waals surface area contributed by atoms with E-state index < -0.39 is 4.92 Å². The number of carbonyl (C=O) groups excluding carboxylic acids is 1. The summed E-state index contributed by atoms with van der Waals surface area (Å²) in [6, 6.07) is 5.10. The van der Waals surface area contributed by atoms with Crippen LogP contribution >= 0.6 is 23.7 Å². The van der Waals surface area contributed by atoms with Crippen LogP contribution in [0.2, 0.25) is 0 Å². The maximum Gasteiger partial charge on any atom is 0.270 e. The van der Waals surface area contributed by atoms with Crippen LogP contribution in [0.5, 0.6) is 5.75 Å². The molecule has 7 nitrogen and oxygen atoms in total. The number of nitrogens with zero attached hydrogens (tertiary/aromatic N) is 1. The molecular formula is C18H24ClN3O4S. The van der Waals surface area contributed by atoms with Gasteiger partial charge < -0.3 is 15.4 Å². The maximum absolute atomic E-state index is 12.5. The highest BCUT2D eigenvalue weighted by Gasteiger charge is 2.21. The first-order valence-corrected chi connectivity index (χ1v) is 9.68. The third-order valence-electron chi connectivity index (χ3n) is 4.70. The standard InChI is InChI=1S/C18H23N3O4S.ClH/c1-25-16-14-11-13(21(23)24)7-8-15(14)26-17(16)18(22)20-10-9-19-12-5-3-2-4-6-12;/h7-8,11-12,19H,2-6,9-10H2,1H3,(H,20,22);1H. The Morgan fingerprint density at radius 1 is 1.30 bits per heavy atom. The molecule has 27 heavy (non-hydrogen) atoms. The van der Waals surface area contributed by atoms with Gasteiger partial charge >= 0.3 is 0 Å². The summed E-state index contributed by atoms with van der Waals surface area (Å²) in [6.45, 7) is 1.27. The number of hydrogen-bond donors (Lipinski definition) is 2. The van der Waals surface area contributed by atoms with E-state index in [0.717, 1.165) is 11.2 Å². The average molecular weight is 414 g/mol. The molecule has 3 rings (SSSR count). The molecule has 1 aromatic carbocycles. The van der Waals surface area contributed by atoms with Gasteiger partial charge in [0.2, 0.25) is 0 Å². The lowest BCUT2D eigenvalue weighted by Gasteiger charge is -2.22. The normalized spacial score (nSPS) is 14.6. The molecule has 0 atom stereocenters. The molecule has 2 N–H and O–H groups in total. The summed E-state index contributed by atoms with van der Waals surface area (Å²) in [7, 11) is 1.47. The molecule has 1 heterocycles. The van der Waals surface area contributed by atoms with Crippen molar-refractivity contribution < 1.29 is 14.5 Å². The van der Waals surface area contributed by atoms with Crippen LogP contribution in [0.4, 0.5) is 5.69 Å². The van der Waals surface area contributed by atoms with Crippen LogP contribution in [-0.4, -0.2) is 37.1 Å². The van der Waals surface area contributed by atoms with Crippen molar-refractivity contribution in [2.45, 2.75) is 38.1 Å². The Balaban J connectivity index is 0.00000261. The molecule has 2 aromatic rings. The summed E-state index contributed by atoms with van der Waals surface area (Å²) in [6.07, 6.45) is 6.27. The van der Waals surface area contributed by atoms with Gasteiger partial charge in [0.05, 0.1) is 12.0 Å². The first-order chi connectivity index (χ1) is 12.6. The largest absolute Gasteiger partial charge is 0.494 e. The number of fused-ring (bicyclic) bond motifs is 1. The van der Waals surface area contributed by atoms with Gasteiger partial charge in [-0.2, -0.15) is 0 Å². The zero-order chi connectivity index (χ0) is 18.5. The van der Waals surface area contributed by atoms with Crippen molar-refractivity contribution in [2.75, 3.05) is 20.2 Å². The number of nitro benzene ring substituents is 1. The third kappa shape index (κ3) is 5.09. The number of methoxy groups -OCH3 is 1. The van der Waals surface area contributed by atoms with Crippen LogP contribution in [0.3, 0.4) is 0 Å². The maximum atomic E-state index is 12.5. The average Bonchev–Trinajstić information content (AvgIpc) is 3.03. The van der Waals surface area contributed by atoms with Gasteiger partial charge in [-0.3, -0.25) is 14.9 Å². The van der Waals surface area contributed by atoms with Crippen LogP contribution in [0.1, 0.15) is 41.8 Å². The number of rotatable bonds is 7. The summed E-state index contributed by atoms with van der Waals surface area (Å²) in [5.74, 6) is 0.183. The lowest BCUT2D eigenvalue weighted by atomic mass is 9.95. The van der Waals surface area contributed by atoms with Crippen molar-refractivity contribution in [1.29, 1.82) is 0 Å². The fraction of sp³-hybridized carbons (Fsp3) is 0.500. The molecule has 0 spiro atoms. The van der Waals surface area contributed by atoms with Gasteiger partial charge in [-0.05, 0) is 18.9 Å². The van der Waals surface area contributed by atoms with Crippen molar-refractivity contribution in [1.82, 2.24) is 10.6 Å². The first kappa shape index (κ1) is 21.4. The predicted octanol–water partition coefficient (Wildman–Crippen LogP) is 3.89. The Bertz CT molecular complexity index is 805. The summed E-state index contributed by atoms with van der Waals surface area (Å²) >= 11 is 1.28. The van der Waals surface area contributed by atoms with E-state index in [2.05, 4.69) is 10.6 Å². The van der Waals surface area contributed by atoms with E-state index in [9.17, 15) is 14.9 Å². The van der Waals surface area contributed by atoms with Gasteiger partial charge in [0.25, 0.3) is 11.6 Å². The van der Waals surface area contributed by atoms with Gasteiger partial charge in [-0.1, -0.05) is 19.3 Å². The highest BCUT2D eigenvalue weighted by molar-refractivity contribution is 7.21. The van der Waals surface area contributed by atoms with Gasteiger partial charge in [0.15, 0.2) is 5.75 Å². The van der Waals surface area contributed by atoms with Crippen LogP contribution in [-0.2, 0) is 0 Å². The monoisotopic (exact) mass is 413 g/mol. The number of thiophene rings is 1. The number of nitrogens with one attached hydrogen (secondary N) is 2. The Morgan fingerprint density at radius 3 is 2.70 bits per heavy atom. The van der Waals surface area contributed by atoms with E-state index in [1.807, 2.05) is 0 Å². The lowest BCUT2D eigenvalue weighted by Crippen LogP contribution is -2.37. The van der Waals surface area contributed by atoms with E-state index in [4.69, 9.17) is 4.74 Å². The predicted molar refractivity (Wildman–Crippen MR) is 109 cm³/mol. The number of amides is 1. The van der Waals surface area contributed by atoms with Crippen molar-refractivity contribution in [3.63, 3.8) is 0 Å². The first-order valence-electron chi connectivity index (χ1n) is 8.86. The molecule has 9 heteroatoms. The summed E-state index contributed by atoms with van der Waals surface area (Å²) < 4.78 is 6.16. The molecule has 148 valence electrons. The highest BCUT2D eigenvalue weighted by Crippen LogP contribution is 2.39.